The molecule has 7 nitrogen and oxygen atoms in total. The number of nitrogens with zero attached hydrogens (tertiary/aromatic N) is 4. The van der Waals surface area contributed by atoms with Gasteiger partial charge in [-0.05, 0) is 19.4 Å². The van der Waals surface area contributed by atoms with Gasteiger partial charge in [0.15, 0.2) is 0 Å². The van der Waals surface area contributed by atoms with Gasteiger partial charge in [-0.3, -0.25) is 9.48 Å². The molecule has 0 fully saturated rings. The highest BCUT2D eigenvalue weighted by Gasteiger charge is 2.15. The maximum Gasteiger partial charge on any atom is 0.316 e. The number of hydrogen-bond acceptors (Lipinski definition) is 7. The molecule has 20 heavy (non-hydrogen) atoms. The summed E-state index contributed by atoms with van der Waals surface area (Å²) in [6, 6.07) is 1.90. The van der Waals surface area contributed by atoms with Gasteiger partial charge in [-0.2, -0.15) is 5.10 Å². The molecule has 2 aromatic heterocycles. The number of carbonyl (C=O) groups is 1. The van der Waals surface area contributed by atoms with Crippen molar-refractivity contribution >= 4 is 17.7 Å². The van der Waals surface area contributed by atoms with Crippen molar-refractivity contribution in [1.29, 1.82) is 0 Å². The zero-order chi connectivity index (χ0) is 14.5. The highest BCUT2D eigenvalue weighted by Crippen LogP contribution is 2.24. The van der Waals surface area contributed by atoms with E-state index in [1.165, 1.54) is 7.11 Å². The summed E-state index contributed by atoms with van der Waals surface area (Å²) in [5.41, 5.74) is 1.69. The first-order valence-corrected chi connectivity index (χ1v) is 7.20. The summed E-state index contributed by atoms with van der Waals surface area (Å²) < 4.78 is 11.9. The molecular weight excluding hydrogens is 280 g/mol. The zero-order valence-electron chi connectivity index (χ0n) is 11.6. The number of aromatic nitrogens is 4. The van der Waals surface area contributed by atoms with Gasteiger partial charge in [-0.25, -0.2) is 0 Å². The van der Waals surface area contributed by atoms with E-state index >= 15 is 0 Å². The lowest BCUT2D eigenvalue weighted by atomic mass is 10.3. The molecule has 0 amide bonds. The van der Waals surface area contributed by atoms with Gasteiger partial charge in [0, 0.05) is 6.54 Å². The molecule has 108 valence electrons. The van der Waals surface area contributed by atoms with Crippen LogP contribution in [0.2, 0.25) is 0 Å². The summed E-state index contributed by atoms with van der Waals surface area (Å²) in [4.78, 5) is 11.1. The minimum atomic E-state index is -0.332. The van der Waals surface area contributed by atoms with Crippen molar-refractivity contribution in [3.05, 3.63) is 11.8 Å². The van der Waals surface area contributed by atoms with Gasteiger partial charge in [-0.15, -0.1) is 10.2 Å². The Morgan fingerprint density at radius 2 is 2.30 bits per heavy atom. The normalized spacial score (nSPS) is 10.8. The van der Waals surface area contributed by atoms with E-state index in [9.17, 15) is 4.79 Å². The summed E-state index contributed by atoms with van der Waals surface area (Å²) in [5.74, 6) is 0.221. The van der Waals surface area contributed by atoms with Gasteiger partial charge in [-0.1, -0.05) is 18.7 Å². The van der Waals surface area contributed by atoms with Gasteiger partial charge in [0.05, 0.1) is 12.8 Å². The Bertz CT molecular complexity index is 593. The van der Waals surface area contributed by atoms with Crippen LogP contribution in [0.3, 0.4) is 0 Å². The zero-order valence-corrected chi connectivity index (χ0v) is 12.4. The number of carbonyl (C=O) groups excluding carboxylic acids is 1. The molecule has 0 bridgehead atoms. The van der Waals surface area contributed by atoms with Crippen molar-refractivity contribution in [3.8, 4) is 11.6 Å². The van der Waals surface area contributed by atoms with Crippen molar-refractivity contribution in [2.45, 2.75) is 32.0 Å². The van der Waals surface area contributed by atoms with Crippen LogP contribution >= 0.6 is 11.8 Å². The minimum absolute atomic E-state index is 0.144. The Kier molecular flexibility index (Phi) is 4.78. The molecule has 2 aromatic rings. The number of aryl methyl sites for hydroxylation is 2. The average molecular weight is 296 g/mol. The van der Waals surface area contributed by atoms with Crippen LogP contribution in [-0.2, 0) is 16.1 Å². The molecule has 0 aromatic carbocycles. The molecule has 0 radical (unpaired) electrons. The number of methoxy groups -OCH3 is 1. The molecule has 0 unspecified atom stereocenters. The Morgan fingerprint density at radius 3 is 3.00 bits per heavy atom. The van der Waals surface area contributed by atoms with Gasteiger partial charge >= 0.3 is 5.97 Å². The first-order chi connectivity index (χ1) is 9.63. The Hall–Kier alpha value is -1.83. The largest absolute Gasteiger partial charge is 0.468 e. The van der Waals surface area contributed by atoms with E-state index in [0.29, 0.717) is 11.1 Å². The topological polar surface area (TPSA) is 83.0 Å². The summed E-state index contributed by atoms with van der Waals surface area (Å²) in [5, 5.41) is 12.6. The van der Waals surface area contributed by atoms with Crippen molar-refractivity contribution in [2.24, 2.45) is 0 Å². The molecule has 8 heteroatoms. The molecule has 0 saturated heterocycles. The van der Waals surface area contributed by atoms with Crippen LogP contribution in [0.5, 0.6) is 0 Å². The summed E-state index contributed by atoms with van der Waals surface area (Å²) >= 11 is 1.15. The summed E-state index contributed by atoms with van der Waals surface area (Å²) in [6.45, 7) is 4.78. The second-order valence-electron chi connectivity index (χ2n) is 4.13. The molecule has 2 heterocycles. The standard InChI is InChI=1S/C12H16N4O3S/c1-4-5-16-9(6-8(2)15-16)11-13-14-12(19-11)20-7-10(17)18-3/h6H,4-5,7H2,1-3H3. The molecule has 0 aliphatic rings. The van der Waals surface area contributed by atoms with Crippen LogP contribution in [0.25, 0.3) is 11.6 Å². The molecule has 0 atom stereocenters. The Morgan fingerprint density at radius 1 is 1.50 bits per heavy atom. The lowest BCUT2D eigenvalue weighted by Gasteiger charge is -2.01. The molecule has 0 aliphatic carbocycles. The number of ether oxygens (including phenoxy) is 1. The van der Waals surface area contributed by atoms with E-state index in [4.69, 9.17) is 4.42 Å². The van der Waals surface area contributed by atoms with Gasteiger partial charge in [0.2, 0.25) is 0 Å². The second-order valence-corrected chi connectivity index (χ2v) is 5.06. The molecule has 0 aliphatic heterocycles. The van der Waals surface area contributed by atoms with Crippen molar-refractivity contribution in [3.63, 3.8) is 0 Å². The van der Waals surface area contributed by atoms with E-state index in [1.807, 2.05) is 17.7 Å². The Labute approximate surface area is 120 Å². The van der Waals surface area contributed by atoms with Gasteiger partial charge in [0.1, 0.15) is 11.4 Å². The van der Waals surface area contributed by atoms with E-state index in [0.717, 1.165) is 36.1 Å². The van der Waals surface area contributed by atoms with Crippen molar-refractivity contribution < 1.29 is 13.9 Å². The van der Waals surface area contributed by atoms with Gasteiger partial charge < -0.3 is 9.15 Å². The first kappa shape index (κ1) is 14.6. The van der Waals surface area contributed by atoms with E-state index in [2.05, 4.69) is 27.0 Å². The lowest BCUT2D eigenvalue weighted by molar-refractivity contribution is -0.137. The quantitative estimate of drug-likeness (QED) is 0.594. The highest BCUT2D eigenvalue weighted by atomic mass is 32.2. The number of hydrogen-bond donors (Lipinski definition) is 0. The third kappa shape index (κ3) is 3.38. The average Bonchev–Trinajstić information content (AvgIpc) is 3.03. The SMILES string of the molecule is CCCn1nc(C)cc1-c1nnc(SCC(=O)OC)o1. The summed E-state index contributed by atoms with van der Waals surface area (Å²) in [6.07, 6.45) is 0.964. The van der Waals surface area contributed by atoms with E-state index in [1.54, 1.807) is 0 Å². The lowest BCUT2D eigenvalue weighted by Crippen LogP contribution is -2.02. The van der Waals surface area contributed by atoms with Crippen LogP contribution in [0, 0.1) is 6.92 Å². The van der Waals surface area contributed by atoms with Crippen LogP contribution in [-0.4, -0.2) is 38.8 Å². The van der Waals surface area contributed by atoms with Crippen molar-refractivity contribution in [1.82, 2.24) is 20.0 Å². The van der Waals surface area contributed by atoms with Crippen LogP contribution in [0.1, 0.15) is 19.0 Å². The summed E-state index contributed by atoms with van der Waals surface area (Å²) in [7, 11) is 1.34. The minimum Gasteiger partial charge on any atom is -0.468 e. The van der Waals surface area contributed by atoms with E-state index in [-0.39, 0.29) is 11.7 Å². The molecule has 0 spiro atoms. The number of rotatable bonds is 6. The fraction of sp³-hybridized carbons (Fsp3) is 0.500. The van der Waals surface area contributed by atoms with E-state index < -0.39 is 0 Å². The fourth-order valence-corrected chi connectivity index (χ4v) is 2.25. The predicted octanol–water partition coefficient (Wildman–Crippen LogP) is 1.92. The third-order valence-electron chi connectivity index (χ3n) is 2.50. The predicted molar refractivity (Wildman–Crippen MR) is 73.3 cm³/mol. The van der Waals surface area contributed by atoms with Crippen molar-refractivity contribution in [2.75, 3.05) is 12.9 Å². The van der Waals surface area contributed by atoms with Crippen LogP contribution in [0.4, 0.5) is 0 Å². The fourth-order valence-electron chi connectivity index (χ4n) is 1.65. The second kappa shape index (κ2) is 6.56. The third-order valence-corrected chi connectivity index (χ3v) is 3.30. The molecule has 0 N–H and O–H groups in total. The first-order valence-electron chi connectivity index (χ1n) is 6.22. The van der Waals surface area contributed by atoms with Gasteiger partial charge in [0.25, 0.3) is 11.1 Å². The molecule has 0 saturated carbocycles. The smallest absolute Gasteiger partial charge is 0.316 e. The maximum absolute atomic E-state index is 11.1. The Balaban J connectivity index is 2.14. The number of esters is 1. The molecular formula is C12H16N4O3S. The molecule has 2 rings (SSSR count). The van der Waals surface area contributed by atoms with Crippen LogP contribution < -0.4 is 0 Å². The monoisotopic (exact) mass is 296 g/mol. The van der Waals surface area contributed by atoms with Crippen LogP contribution in [0.15, 0.2) is 15.7 Å². The number of thioether (sulfide) groups is 1. The highest BCUT2D eigenvalue weighted by molar-refractivity contribution is 7.99. The maximum atomic E-state index is 11.1.